The van der Waals surface area contributed by atoms with E-state index < -0.39 is 40.8 Å². The van der Waals surface area contributed by atoms with Crippen molar-refractivity contribution in [2.75, 3.05) is 6.66 Å². The van der Waals surface area contributed by atoms with Gasteiger partial charge in [0.2, 0.25) is 0 Å². The zero-order chi connectivity index (χ0) is 15.7. The van der Waals surface area contributed by atoms with E-state index >= 15 is 0 Å². The van der Waals surface area contributed by atoms with Crippen LogP contribution in [0.15, 0.2) is 0 Å². The molecule has 0 spiro atoms. The summed E-state index contributed by atoms with van der Waals surface area (Å²) >= 11 is 0. The molecular formula is C10H30O4PSi4+. The Morgan fingerprint density at radius 3 is 1.32 bits per heavy atom. The van der Waals surface area contributed by atoms with Crippen LogP contribution in [0.25, 0.3) is 0 Å². The molecule has 0 amide bonds. The van der Waals surface area contributed by atoms with E-state index in [-0.39, 0.29) is 0 Å². The van der Waals surface area contributed by atoms with Crippen LogP contribution in [0.3, 0.4) is 0 Å². The Kier molecular flexibility index (Phi) is 6.59. The predicted molar refractivity (Wildman–Crippen MR) is 92.6 cm³/mol. The summed E-state index contributed by atoms with van der Waals surface area (Å²) in [6.45, 7) is 20.5. The Morgan fingerprint density at radius 2 is 1.05 bits per heavy atom. The second-order valence-electron chi connectivity index (χ2n) is 7.33. The van der Waals surface area contributed by atoms with Gasteiger partial charge in [-0.2, -0.15) is 0 Å². The fourth-order valence-electron chi connectivity index (χ4n) is 1.93. The summed E-state index contributed by atoms with van der Waals surface area (Å²) in [4.78, 5) is 0. The van der Waals surface area contributed by atoms with Crippen molar-refractivity contribution >= 4 is 40.8 Å². The molecule has 0 heterocycles. The van der Waals surface area contributed by atoms with E-state index in [1.54, 1.807) is 6.66 Å². The van der Waals surface area contributed by atoms with E-state index in [0.29, 0.717) is 0 Å². The van der Waals surface area contributed by atoms with Crippen molar-refractivity contribution in [3.8, 4) is 0 Å². The van der Waals surface area contributed by atoms with Gasteiger partial charge in [-0.3, -0.25) is 0 Å². The molecule has 0 saturated carbocycles. The summed E-state index contributed by atoms with van der Waals surface area (Å²) < 4.78 is 30.8. The minimum atomic E-state index is -2.67. The van der Waals surface area contributed by atoms with Crippen molar-refractivity contribution < 1.29 is 16.9 Å². The molecule has 0 bridgehead atoms. The monoisotopic (exact) mass is 357 g/mol. The molecule has 2 unspecified atom stereocenters. The molecule has 0 aromatic rings. The Hall–Kier alpha value is 0.848. The largest absolute Gasteiger partial charge is 0.611 e. The predicted octanol–water partition coefficient (Wildman–Crippen LogP) is 4.43. The molecule has 0 aliphatic heterocycles. The van der Waals surface area contributed by atoms with Gasteiger partial charge in [0.1, 0.15) is 6.66 Å². The van der Waals surface area contributed by atoms with E-state index in [2.05, 4.69) is 39.3 Å². The molecule has 0 aromatic heterocycles. The number of hydrogen-bond acceptors (Lipinski definition) is 4. The molecule has 0 fully saturated rings. The van der Waals surface area contributed by atoms with Gasteiger partial charge in [-0.05, 0) is 52.4 Å². The van der Waals surface area contributed by atoms with Crippen LogP contribution in [-0.2, 0) is 16.9 Å². The lowest BCUT2D eigenvalue weighted by Gasteiger charge is -2.35. The van der Waals surface area contributed by atoms with E-state index in [9.17, 15) is 4.57 Å². The van der Waals surface area contributed by atoms with E-state index in [4.69, 9.17) is 12.3 Å². The van der Waals surface area contributed by atoms with Gasteiger partial charge in [-0.25, -0.2) is 0 Å². The molecule has 114 valence electrons. The topological polar surface area (TPSA) is 44.8 Å². The minimum absolute atomic E-state index is 1.47. The highest BCUT2D eigenvalue weighted by Gasteiger charge is 2.58. The molecule has 19 heavy (non-hydrogen) atoms. The maximum Gasteiger partial charge on any atom is 0.611 e. The third-order valence-corrected chi connectivity index (χ3v) is 20.1. The molecule has 0 saturated heterocycles. The molecule has 9 heteroatoms. The molecular weight excluding hydrogens is 327 g/mol. The fourth-order valence-corrected chi connectivity index (χ4v) is 24.9. The van der Waals surface area contributed by atoms with Gasteiger partial charge < -0.3 is 12.3 Å². The number of rotatable bonds is 7. The van der Waals surface area contributed by atoms with Crippen LogP contribution < -0.4 is 0 Å². The van der Waals surface area contributed by atoms with Crippen LogP contribution >= 0.6 is 7.35 Å². The molecule has 0 radical (unpaired) electrons. The second kappa shape index (κ2) is 6.31. The lowest BCUT2D eigenvalue weighted by Crippen LogP contribution is -2.55. The van der Waals surface area contributed by atoms with Crippen LogP contribution in [0.5, 0.6) is 0 Å². The highest BCUT2D eigenvalue weighted by atomic mass is 31.4. The van der Waals surface area contributed by atoms with Gasteiger partial charge >= 0.3 is 24.1 Å². The van der Waals surface area contributed by atoms with Gasteiger partial charge in [-0.1, -0.05) is 4.57 Å². The quantitative estimate of drug-likeness (QED) is 0.499. The molecule has 4 nitrogen and oxygen atoms in total. The molecule has 0 rings (SSSR count). The van der Waals surface area contributed by atoms with Crippen molar-refractivity contribution in [1.82, 2.24) is 0 Å². The van der Waals surface area contributed by atoms with Crippen LogP contribution in [0, 0.1) is 0 Å². The normalized spacial score (nSPS) is 18.1. The summed E-state index contributed by atoms with van der Waals surface area (Å²) in [6, 6.07) is 0. The third kappa shape index (κ3) is 8.66. The van der Waals surface area contributed by atoms with Crippen molar-refractivity contribution in [2.45, 2.75) is 58.9 Å². The first-order chi connectivity index (χ1) is 8.06. The highest BCUT2D eigenvalue weighted by molar-refractivity contribution is 7.83. The van der Waals surface area contributed by atoms with E-state index in [1.165, 1.54) is 0 Å². The summed E-state index contributed by atoms with van der Waals surface area (Å²) in [5, 5.41) is 0. The first kappa shape index (κ1) is 19.8. The average Bonchev–Trinajstić information content (AvgIpc) is 1.91. The van der Waals surface area contributed by atoms with Crippen molar-refractivity contribution in [1.29, 1.82) is 0 Å². The van der Waals surface area contributed by atoms with Crippen molar-refractivity contribution in [2.24, 2.45) is 0 Å². The van der Waals surface area contributed by atoms with Gasteiger partial charge in [0.25, 0.3) is 0 Å². The molecule has 0 aromatic carbocycles. The van der Waals surface area contributed by atoms with Gasteiger partial charge in [0, 0.05) is 6.55 Å². The first-order valence-corrected chi connectivity index (χ1v) is 21.1. The van der Waals surface area contributed by atoms with Crippen LogP contribution in [-0.4, -0.2) is 40.1 Å². The van der Waals surface area contributed by atoms with Crippen LogP contribution in [0.4, 0.5) is 0 Å². The minimum Gasteiger partial charge on any atom is -0.437 e. The van der Waals surface area contributed by atoms with Crippen molar-refractivity contribution in [3.05, 3.63) is 0 Å². The fraction of sp³-hybridized carbons (Fsp3) is 1.00. The lowest BCUT2D eigenvalue weighted by atomic mass is 11.8. The maximum absolute atomic E-state index is 12.1. The zero-order valence-corrected chi connectivity index (χ0v) is 19.0. The highest BCUT2D eigenvalue weighted by Crippen LogP contribution is 2.38. The summed E-state index contributed by atoms with van der Waals surface area (Å²) in [5.74, 6) is 0. The second-order valence-corrected chi connectivity index (χ2v) is 28.1. The Balaban J connectivity index is 5.09. The van der Waals surface area contributed by atoms with Gasteiger partial charge in [0.05, 0.1) is 0 Å². The standard InChI is InChI=1S/C10H30O4PSi4/c1-15(11)19(10,13-17(5,6)7)14-18(8,9)12-16(2,3)4/h1-10H3/q+1. The van der Waals surface area contributed by atoms with Gasteiger partial charge in [-0.15, -0.1) is 0 Å². The molecule has 2 atom stereocenters. The maximum atomic E-state index is 12.1. The summed E-state index contributed by atoms with van der Waals surface area (Å²) in [5.41, 5.74) is 0. The first-order valence-electron chi connectivity index (χ1n) is 6.58. The molecule has 0 aliphatic rings. The SMILES string of the molecule is C[P+](=O)[Si](C)(O[Si](C)(C)C)O[Si](C)(C)O[Si](C)(C)C. The smallest absolute Gasteiger partial charge is 0.437 e. The van der Waals surface area contributed by atoms with Gasteiger partial charge in [0.15, 0.2) is 16.6 Å². The van der Waals surface area contributed by atoms with Crippen LogP contribution in [0.2, 0.25) is 58.9 Å². The van der Waals surface area contributed by atoms with Crippen LogP contribution in [0.1, 0.15) is 0 Å². The Morgan fingerprint density at radius 1 is 0.684 bits per heavy atom. The van der Waals surface area contributed by atoms with E-state index in [0.717, 1.165) is 0 Å². The van der Waals surface area contributed by atoms with E-state index in [1.807, 2.05) is 19.6 Å². The Labute approximate surface area is 123 Å². The molecule has 0 N–H and O–H groups in total. The average molecular weight is 358 g/mol. The molecule has 0 aliphatic carbocycles. The zero-order valence-electron chi connectivity index (χ0n) is 14.1. The third-order valence-electron chi connectivity index (χ3n) is 2.05. The summed E-state index contributed by atoms with van der Waals surface area (Å²) in [6.07, 6.45) is 0. The lowest BCUT2D eigenvalue weighted by molar-refractivity contribution is 0.342. The van der Waals surface area contributed by atoms with Crippen molar-refractivity contribution in [3.63, 3.8) is 0 Å². The number of hydrogen-bond donors (Lipinski definition) is 0. The summed E-state index contributed by atoms with van der Waals surface area (Å²) in [7, 11) is -9.88. The Bertz CT molecular complexity index is 337.